The SMILES string of the molecule is Bc1c(B)c(B)c2c(-c3ccc(-c4cccc5ccccc45)cc3)c3c(B)c(B)c(B)c(B)c3c(B)c2c1B. The van der Waals surface area contributed by atoms with Gasteiger partial charge in [0.15, 0.2) is 0 Å². The summed E-state index contributed by atoms with van der Waals surface area (Å²) in [5, 5.41) is 8.29. The summed E-state index contributed by atoms with van der Waals surface area (Å²) >= 11 is 0. The Labute approximate surface area is 240 Å². The van der Waals surface area contributed by atoms with Gasteiger partial charge in [0.05, 0.1) is 0 Å². The number of hydrogen-bond donors (Lipinski definition) is 0. The van der Waals surface area contributed by atoms with E-state index in [4.69, 9.17) is 0 Å². The fraction of sp³-hybridized carbons (Fsp3) is 0. The van der Waals surface area contributed by atoms with Gasteiger partial charge in [-0.05, 0) is 54.6 Å². The van der Waals surface area contributed by atoms with Crippen molar-refractivity contribution in [3.8, 4) is 22.3 Å². The molecule has 0 N–H and O–H groups in total. The summed E-state index contributed by atoms with van der Waals surface area (Å²) in [6, 6.07) is 24.6. The van der Waals surface area contributed by atoms with Crippen LogP contribution in [0.3, 0.4) is 0 Å². The fourth-order valence-corrected chi connectivity index (χ4v) is 7.02. The minimum Gasteiger partial charge on any atom is -0.101 e. The molecule has 0 bridgehead atoms. The van der Waals surface area contributed by atoms with Gasteiger partial charge in [-0.3, -0.25) is 0 Å². The first-order chi connectivity index (χ1) is 18.6. The first kappa shape index (κ1) is 25.9. The van der Waals surface area contributed by atoms with Crippen molar-refractivity contribution in [1.29, 1.82) is 0 Å². The summed E-state index contributed by atoms with van der Waals surface area (Å²) < 4.78 is 0. The van der Waals surface area contributed by atoms with Gasteiger partial charge >= 0.3 is 0 Å². The molecule has 0 aliphatic carbocycles. The van der Waals surface area contributed by atoms with Crippen molar-refractivity contribution in [1.82, 2.24) is 0 Å². The second-order valence-electron chi connectivity index (χ2n) is 11.6. The molecule has 0 radical (unpaired) electrons. The van der Waals surface area contributed by atoms with E-state index in [2.05, 4.69) is 137 Å². The van der Waals surface area contributed by atoms with Crippen LogP contribution in [0.1, 0.15) is 0 Å². The van der Waals surface area contributed by atoms with Gasteiger partial charge in [0.1, 0.15) is 70.6 Å². The third-order valence-electron chi connectivity index (χ3n) is 9.90. The molecule has 0 fully saturated rings. The Morgan fingerprint density at radius 1 is 0.333 bits per heavy atom. The summed E-state index contributed by atoms with van der Waals surface area (Å²) in [7, 11) is 20.8. The molecule has 0 heterocycles. The number of hydrogen-bond acceptors (Lipinski definition) is 0. The average molecular weight is 487 g/mol. The first-order valence-electron chi connectivity index (χ1n) is 14.1. The summed E-state index contributed by atoms with van der Waals surface area (Å²) in [6.45, 7) is 0. The Morgan fingerprint density at radius 2 is 0.769 bits per heavy atom. The molecule has 0 unspecified atom stereocenters. The number of benzene rings is 6. The lowest BCUT2D eigenvalue weighted by atomic mass is 9.58. The van der Waals surface area contributed by atoms with Crippen molar-refractivity contribution in [2.24, 2.45) is 0 Å². The van der Waals surface area contributed by atoms with Crippen molar-refractivity contribution < 1.29 is 0 Å². The van der Waals surface area contributed by atoms with E-state index in [1.807, 2.05) is 0 Å². The molecule has 0 nitrogen and oxygen atoms in total. The van der Waals surface area contributed by atoms with E-state index in [0.717, 1.165) is 0 Å². The van der Waals surface area contributed by atoms with Crippen molar-refractivity contribution >= 4 is 152 Å². The molecule has 6 aromatic carbocycles. The summed E-state index contributed by atoms with van der Waals surface area (Å²) in [6.07, 6.45) is 0. The topological polar surface area (TPSA) is 0 Å². The van der Waals surface area contributed by atoms with Crippen LogP contribution in [0.4, 0.5) is 0 Å². The summed E-state index contributed by atoms with van der Waals surface area (Å²) in [5.74, 6) is 0. The van der Waals surface area contributed by atoms with Gasteiger partial charge in [0.2, 0.25) is 0 Å². The molecular formula is C30H29B9. The lowest BCUT2D eigenvalue weighted by Gasteiger charge is -2.27. The zero-order valence-electron chi connectivity index (χ0n) is 24.9. The van der Waals surface area contributed by atoms with Crippen molar-refractivity contribution in [3.63, 3.8) is 0 Å². The second-order valence-corrected chi connectivity index (χ2v) is 11.6. The van der Waals surface area contributed by atoms with E-state index < -0.39 is 0 Å². The molecule has 0 spiro atoms. The van der Waals surface area contributed by atoms with E-state index in [9.17, 15) is 0 Å². The zero-order chi connectivity index (χ0) is 27.7. The van der Waals surface area contributed by atoms with Gasteiger partial charge in [-0.15, -0.1) is 21.9 Å². The molecule has 6 aromatic rings. The highest BCUT2D eigenvalue weighted by atomic mass is 14.2. The van der Waals surface area contributed by atoms with Crippen LogP contribution in [0.25, 0.3) is 54.6 Å². The largest absolute Gasteiger partial charge is 0.140 e. The molecule has 176 valence electrons. The maximum Gasteiger partial charge on any atom is 0.140 e. The predicted octanol–water partition coefficient (Wildman–Crippen LogP) is -7.19. The normalized spacial score (nSPS) is 11.5. The minimum atomic E-state index is 1.26. The van der Waals surface area contributed by atoms with Crippen LogP contribution in [0.15, 0.2) is 66.7 Å². The highest BCUT2D eigenvalue weighted by Gasteiger charge is 2.22. The van der Waals surface area contributed by atoms with E-state index in [1.54, 1.807) is 0 Å². The van der Waals surface area contributed by atoms with Gasteiger partial charge in [-0.25, -0.2) is 0 Å². The van der Waals surface area contributed by atoms with Crippen LogP contribution in [0.2, 0.25) is 0 Å². The quantitative estimate of drug-likeness (QED) is 0.169. The van der Waals surface area contributed by atoms with Crippen LogP contribution in [0, 0.1) is 0 Å². The van der Waals surface area contributed by atoms with E-state index in [1.165, 1.54) is 104 Å². The van der Waals surface area contributed by atoms with E-state index >= 15 is 0 Å². The third-order valence-corrected chi connectivity index (χ3v) is 9.90. The Bertz CT molecular complexity index is 1910. The molecule has 0 atom stereocenters. The lowest BCUT2D eigenvalue weighted by molar-refractivity contribution is 1.64. The molecule has 0 aromatic heterocycles. The second kappa shape index (κ2) is 9.41. The molecule has 0 amide bonds. The Morgan fingerprint density at radius 3 is 1.31 bits per heavy atom. The molecule has 39 heavy (non-hydrogen) atoms. The van der Waals surface area contributed by atoms with Crippen LogP contribution < -0.4 is 49.2 Å². The minimum absolute atomic E-state index is 1.26. The van der Waals surface area contributed by atoms with Crippen molar-refractivity contribution in [2.75, 3.05) is 0 Å². The maximum absolute atomic E-state index is 2.36. The van der Waals surface area contributed by atoms with Crippen molar-refractivity contribution in [3.05, 3.63) is 66.7 Å². The van der Waals surface area contributed by atoms with Gasteiger partial charge < -0.3 is 0 Å². The molecule has 9 heteroatoms. The standard InChI is InChI=1S/C30H29B9/c31-22-20-18(23(32)27(36)29(38)25(20)34)17(19-21(22)26(35)30(39)28(37)24(19)33)14-10-8-13(9-11-14)16-7-3-5-12-4-1-2-6-15(12)16/h1-11H,31-39H2. The molecule has 6 rings (SSSR count). The smallest absolute Gasteiger partial charge is 0.101 e. The fourth-order valence-electron chi connectivity index (χ4n) is 7.02. The first-order valence-corrected chi connectivity index (χ1v) is 14.1. The average Bonchev–Trinajstić information content (AvgIpc) is 2.96. The monoisotopic (exact) mass is 488 g/mol. The molecule has 0 saturated heterocycles. The van der Waals surface area contributed by atoms with Gasteiger partial charge in [-0.2, -0.15) is 0 Å². The highest BCUT2D eigenvalue weighted by molar-refractivity contribution is 6.73. The summed E-state index contributed by atoms with van der Waals surface area (Å²) in [4.78, 5) is 0. The molecule has 0 saturated carbocycles. The Hall–Kier alpha value is -3.32. The summed E-state index contributed by atoms with van der Waals surface area (Å²) in [5.41, 5.74) is 17.9. The van der Waals surface area contributed by atoms with Crippen LogP contribution in [-0.2, 0) is 0 Å². The van der Waals surface area contributed by atoms with E-state index in [-0.39, 0.29) is 0 Å². The van der Waals surface area contributed by atoms with E-state index in [0.29, 0.717) is 0 Å². The Kier molecular flexibility index (Phi) is 6.25. The zero-order valence-corrected chi connectivity index (χ0v) is 24.9. The molecular weight excluding hydrogens is 458 g/mol. The number of fused-ring (bicyclic) bond motifs is 3. The van der Waals surface area contributed by atoms with Crippen LogP contribution in [-0.4, -0.2) is 70.6 Å². The number of rotatable bonds is 2. The van der Waals surface area contributed by atoms with Crippen LogP contribution >= 0.6 is 0 Å². The third kappa shape index (κ3) is 3.73. The molecule has 0 aliphatic heterocycles. The lowest BCUT2D eigenvalue weighted by Crippen LogP contribution is -2.51. The maximum atomic E-state index is 2.36. The van der Waals surface area contributed by atoms with Crippen LogP contribution in [0.5, 0.6) is 0 Å². The van der Waals surface area contributed by atoms with Crippen molar-refractivity contribution in [2.45, 2.75) is 0 Å². The molecule has 0 aliphatic rings. The highest BCUT2D eigenvalue weighted by Crippen LogP contribution is 2.34. The van der Waals surface area contributed by atoms with Gasteiger partial charge in [0.25, 0.3) is 0 Å². The Balaban J connectivity index is 1.75. The van der Waals surface area contributed by atoms with Gasteiger partial charge in [-0.1, -0.05) is 94.0 Å². The predicted molar refractivity (Wildman–Crippen MR) is 203 cm³/mol. The van der Waals surface area contributed by atoms with Gasteiger partial charge in [0, 0.05) is 0 Å².